The number of hydrogen-bond acceptors (Lipinski definition) is 2. The van der Waals surface area contributed by atoms with E-state index in [-0.39, 0.29) is 11.5 Å². The minimum absolute atomic E-state index is 0.0339. The van der Waals surface area contributed by atoms with E-state index in [0.29, 0.717) is 23.5 Å². The van der Waals surface area contributed by atoms with Crippen LogP contribution in [-0.2, 0) is 6.42 Å². The minimum atomic E-state index is -0.365. The molecule has 0 radical (unpaired) electrons. The normalized spacial score (nSPS) is 35.3. The molecule has 0 spiro atoms. The lowest BCUT2D eigenvalue weighted by molar-refractivity contribution is -0.0158. The molecule has 0 unspecified atom stereocenters. The second-order valence-electron chi connectivity index (χ2n) is 9.22. The van der Waals surface area contributed by atoms with Crippen molar-refractivity contribution < 1.29 is 10.2 Å². The average molecular weight is 395 g/mol. The van der Waals surface area contributed by atoms with Crippen LogP contribution < -0.4 is 0 Å². The summed E-state index contributed by atoms with van der Waals surface area (Å²) in [7, 11) is 0. The number of fused-ring (bicyclic) bond motifs is 5. The van der Waals surface area contributed by atoms with Crippen LogP contribution in [0.2, 0.25) is 5.02 Å². The second-order valence-corrected chi connectivity index (χ2v) is 9.66. The number of rotatable bonds is 1. The van der Waals surface area contributed by atoms with Gasteiger partial charge in [0.05, 0.1) is 6.10 Å². The predicted octanol–water partition coefficient (Wildman–Crippen LogP) is 5.96. The van der Waals surface area contributed by atoms with E-state index in [4.69, 9.17) is 11.6 Å². The molecule has 2 nitrogen and oxygen atoms in total. The monoisotopic (exact) mass is 394 g/mol. The van der Waals surface area contributed by atoms with Gasteiger partial charge in [0.1, 0.15) is 5.75 Å². The highest BCUT2D eigenvalue weighted by Gasteiger charge is 2.56. The summed E-state index contributed by atoms with van der Waals surface area (Å²) in [4.78, 5) is 0. The maximum Gasteiger partial charge on any atom is 0.115 e. The Morgan fingerprint density at radius 2 is 1.89 bits per heavy atom. The van der Waals surface area contributed by atoms with Gasteiger partial charge in [-0.2, -0.15) is 0 Å². The summed E-state index contributed by atoms with van der Waals surface area (Å²) in [6, 6.07) is 13.8. The third-order valence-corrected chi connectivity index (χ3v) is 8.05. The molecule has 3 heteroatoms. The number of aliphatic hydroxyl groups is 1. The Labute approximate surface area is 171 Å². The number of aromatic hydroxyl groups is 1. The molecule has 0 heterocycles. The molecule has 2 saturated carbocycles. The first kappa shape index (κ1) is 18.3. The number of phenolic OH excluding ortho intramolecular Hbond substituents is 1. The lowest BCUT2D eigenvalue weighted by Gasteiger charge is -2.49. The maximum absolute atomic E-state index is 11.3. The van der Waals surface area contributed by atoms with Gasteiger partial charge in [-0.1, -0.05) is 42.8 Å². The van der Waals surface area contributed by atoms with Gasteiger partial charge in [0.25, 0.3) is 0 Å². The summed E-state index contributed by atoms with van der Waals surface area (Å²) in [5.74, 6) is 2.06. The van der Waals surface area contributed by atoms with E-state index < -0.39 is 0 Å². The number of phenols is 1. The van der Waals surface area contributed by atoms with Crippen LogP contribution in [0.15, 0.2) is 48.0 Å². The van der Waals surface area contributed by atoms with E-state index >= 15 is 0 Å². The Bertz CT molecular complexity index is 932. The first-order valence-electron chi connectivity index (χ1n) is 10.4. The van der Waals surface area contributed by atoms with Crippen LogP contribution in [0.4, 0.5) is 0 Å². The van der Waals surface area contributed by atoms with Crippen LogP contribution in [0.5, 0.6) is 5.75 Å². The summed E-state index contributed by atoms with van der Waals surface area (Å²) in [5.41, 5.74) is 5.00. The molecule has 2 aromatic rings. The third-order valence-electron chi connectivity index (χ3n) is 7.80. The third kappa shape index (κ3) is 2.81. The smallest absolute Gasteiger partial charge is 0.115 e. The van der Waals surface area contributed by atoms with Crippen LogP contribution >= 0.6 is 11.6 Å². The fraction of sp³-hybridized carbons (Fsp3) is 0.440. The van der Waals surface area contributed by atoms with Crippen LogP contribution in [0.25, 0.3) is 6.08 Å². The molecule has 146 valence electrons. The van der Waals surface area contributed by atoms with E-state index in [1.54, 1.807) is 0 Å². The first-order chi connectivity index (χ1) is 13.5. The zero-order valence-electron chi connectivity index (χ0n) is 16.2. The van der Waals surface area contributed by atoms with Crippen molar-refractivity contribution in [2.75, 3.05) is 0 Å². The Balaban J connectivity index is 1.47. The van der Waals surface area contributed by atoms with Crippen molar-refractivity contribution in [1.82, 2.24) is 0 Å². The van der Waals surface area contributed by atoms with Crippen molar-refractivity contribution in [3.8, 4) is 5.75 Å². The van der Waals surface area contributed by atoms with E-state index in [1.807, 2.05) is 36.4 Å². The van der Waals surface area contributed by atoms with Gasteiger partial charge >= 0.3 is 0 Å². The minimum Gasteiger partial charge on any atom is -0.508 e. The molecule has 0 bridgehead atoms. The predicted molar refractivity (Wildman–Crippen MR) is 114 cm³/mol. The highest BCUT2D eigenvalue weighted by atomic mass is 35.5. The fourth-order valence-electron chi connectivity index (χ4n) is 6.34. The molecule has 2 N–H and O–H groups in total. The van der Waals surface area contributed by atoms with Gasteiger partial charge < -0.3 is 10.2 Å². The SMILES string of the molecule is C[C@]12CC[C@@H]3c4ccc(O)cc4CC[C@@H]3[C@@H]1C/C(=C\c1ccc(Cl)cc1)[C@H]2O. The van der Waals surface area contributed by atoms with Crippen LogP contribution in [0.1, 0.15) is 55.2 Å². The standard InChI is InChI=1S/C25H27ClO2/c1-25-11-10-21-20-9-7-19(27)13-16(20)4-8-22(21)23(25)14-17(24(25)28)12-15-2-5-18(26)6-3-15/h2-3,5-7,9,12-13,21-24,27-28H,4,8,10-11,14H2,1H3/b17-12+/t21-,22+,23+,24-,25+/m1/s1. The fourth-order valence-corrected chi connectivity index (χ4v) is 6.47. The Hall–Kier alpha value is -1.77. The van der Waals surface area contributed by atoms with Crippen molar-refractivity contribution in [3.05, 3.63) is 69.8 Å². The molecule has 0 aromatic heterocycles. The zero-order valence-corrected chi connectivity index (χ0v) is 17.0. The molecule has 0 aliphatic heterocycles. The molecule has 2 fully saturated rings. The zero-order chi connectivity index (χ0) is 19.5. The summed E-state index contributed by atoms with van der Waals surface area (Å²) < 4.78 is 0. The van der Waals surface area contributed by atoms with Gasteiger partial charge in [-0.25, -0.2) is 0 Å². The largest absolute Gasteiger partial charge is 0.508 e. The van der Waals surface area contributed by atoms with Crippen LogP contribution in [0.3, 0.4) is 0 Å². The van der Waals surface area contributed by atoms with Gasteiger partial charge in [0, 0.05) is 10.4 Å². The van der Waals surface area contributed by atoms with Gasteiger partial charge in [0.2, 0.25) is 0 Å². The molecule has 28 heavy (non-hydrogen) atoms. The summed E-state index contributed by atoms with van der Waals surface area (Å²) >= 11 is 6.02. The van der Waals surface area contributed by atoms with E-state index in [2.05, 4.69) is 19.1 Å². The van der Waals surface area contributed by atoms with E-state index in [1.165, 1.54) is 16.7 Å². The van der Waals surface area contributed by atoms with Crippen LogP contribution in [-0.4, -0.2) is 16.3 Å². The van der Waals surface area contributed by atoms with E-state index in [9.17, 15) is 10.2 Å². The number of hydrogen-bond donors (Lipinski definition) is 2. The molecule has 5 atom stereocenters. The quantitative estimate of drug-likeness (QED) is 0.626. The highest BCUT2D eigenvalue weighted by molar-refractivity contribution is 6.30. The van der Waals surface area contributed by atoms with Crippen molar-refractivity contribution >= 4 is 17.7 Å². The highest BCUT2D eigenvalue weighted by Crippen LogP contribution is 2.62. The van der Waals surface area contributed by atoms with Gasteiger partial charge in [-0.3, -0.25) is 0 Å². The van der Waals surface area contributed by atoms with Crippen molar-refractivity contribution in [3.63, 3.8) is 0 Å². The van der Waals surface area contributed by atoms with Gasteiger partial charge in [0.15, 0.2) is 0 Å². The first-order valence-corrected chi connectivity index (χ1v) is 10.8. The Kier molecular flexibility index (Phi) is 4.33. The second kappa shape index (κ2) is 6.64. The summed E-state index contributed by atoms with van der Waals surface area (Å²) in [6.45, 7) is 2.30. The van der Waals surface area contributed by atoms with Crippen molar-refractivity contribution in [1.29, 1.82) is 0 Å². The number of halogens is 1. The van der Waals surface area contributed by atoms with E-state index in [0.717, 1.165) is 42.7 Å². The summed E-state index contributed by atoms with van der Waals surface area (Å²) in [6.07, 6.45) is 7.16. The number of aryl methyl sites for hydroxylation is 1. The van der Waals surface area contributed by atoms with Crippen LogP contribution in [0, 0.1) is 17.3 Å². The Morgan fingerprint density at radius 3 is 2.68 bits per heavy atom. The molecule has 2 aromatic carbocycles. The Morgan fingerprint density at radius 1 is 1.11 bits per heavy atom. The van der Waals surface area contributed by atoms with Crippen molar-refractivity contribution in [2.45, 2.75) is 51.0 Å². The molecule has 5 rings (SSSR count). The van der Waals surface area contributed by atoms with Gasteiger partial charge in [-0.05, 0) is 96.4 Å². The average Bonchev–Trinajstić information content (AvgIpc) is 2.94. The molecule has 0 amide bonds. The number of benzene rings is 2. The number of aliphatic hydroxyl groups excluding tert-OH is 1. The molecule has 3 aliphatic carbocycles. The maximum atomic E-state index is 11.3. The van der Waals surface area contributed by atoms with Gasteiger partial charge in [-0.15, -0.1) is 0 Å². The molecule has 3 aliphatic rings. The topological polar surface area (TPSA) is 40.5 Å². The molecule has 0 saturated heterocycles. The molecular weight excluding hydrogens is 368 g/mol. The lowest BCUT2D eigenvalue weighted by atomic mass is 9.55. The van der Waals surface area contributed by atoms with Crippen molar-refractivity contribution in [2.24, 2.45) is 17.3 Å². The summed E-state index contributed by atoms with van der Waals surface area (Å²) in [5, 5.41) is 21.8. The lowest BCUT2D eigenvalue weighted by Crippen LogP contribution is -2.44. The molecular formula is C25H27ClO2.